The molecular weight excluding hydrogens is 232 g/mol. The number of hydrogen-bond donors (Lipinski definition) is 1. The van der Waals surface area contributed by atoms with Crippen LogP contribution in [-0.4, -0.2) is 27.5 Å². The lowest BCUT2D eigenvalue weighted by atomic mass is 10.2. The van der Waals surface area contributed by atoms with Crippen LogP contribution < -0.4 is 4.74 Å². The third-order valence-electron chi connectivity index (χ3n) is 2.45. The molecule has 5 nitrogen and oxygen atoms in total. The average Bonchev–Trinajstić information content (AvgIpc) is 2.76. The Morgan fingerprint density at radius 1 is 1.39 bits per heavy atom. The largest absolute Gasteiger partial charge is 0.492 e. The van der Waals surface area contributed by atoms with E-state index in [9.17, 15) is 4.79 Å². The van der Waals surface area contributed by atoms with Crippen molar-refractivity contribution in [2.75, 3.05) is 6.61 Å². The summed E-state index contributed by atoms with van der Waals surface area (Å²) >= 11 is 0. The van der Waals surface area contributed by atoms with E-state index < -0.39 is 5.97 Å². The van der Waals surface area contributed by atoms with E-state index in [2.05, 4.69) is 5.10 Å². The van der Waals surface area contributed by atoms with Crippen LogP contribution in [0.3, 0.4) is 0 Å². The molecule has 2 rings (SSSR count). The quantitative estimate of drug-likeness (QED) is 0.876. The molecule has 18 heavy (non-hydrogen) atoms. The van der Waals surface area contributed by atoms with Crippen LogP contribution in [0.25, 0.3) is 0 Å². The van der Waals surface area contributed by atoms with Crippen molar-refractivity contribution in [3.63, 3.8) is 0 Å². The minimum atomic E-state index is -0.937. The van der Waals surface area contributed by atoms with Gasteiger partial charge in [0.1, 0.15) is 12.4 Å². The fraction of sp³-hybridized carbons (Fsp3) is 0.231. The molecule has 0 amide bonds. The third kappa shape index (κ3) is 3.10. The zero-order valence-electron chi connectivity index (χ0n) is 10.0. The van der Waals surface area contributed by atoms with Crippen LogP contribution in [0.1, 0.15) is 15.9 Å². The number of carboxylic acids is 1. The summed E-state index contributed by atoms with van der Waals surface area (Å²) in [6, 6.07) is 6.35. The molecule has 0 fully saturated rings. The first-order valence-electron chi connectivity index (χ1n) is 5.60. The van der Waals surface area contributed by atoms with E-state index in [1.54, 1.807) is 23.0 Å². The highest BCUT2D eigenvalue weighted by Gasteiger charge is 2.02. The van der Waals surface area contributed by atoms with Gasteiger partial charge in [-0.25, -0.2) is 4.79 Å². The molecule has 0 aliphatic carbocycles. The van der Waals surface area contributed by atoms with Gasteiger partial charge in [0.2, 0.25) is 0 Å². The van der Waals surface area contributed by atoms with E-state index in [4.69, 9.17) is 9.84 Å². The summed E-state index contributed by atoms with van der Waals surface area (Å²) in [5.41, 5.74) is 1.37. The van der Waals surface area contributed by atoms with Gasteiger partial charge in [-0.2, -0.15) is 5.10 Å². The van der Waals surface area contributed by atoms with Crippen LogP contribution in [0.15, 0.2) is 36.7 Å². The Bertz CT molecular complexity index is 531. The van der Waals surface area contributed by atoms with Crippen LogP contribution >= 0.6 is 0 Å². The maximum absolute atomic E-state index is 10.7. The van der Waals surface area contributed by atoms with Crippen molar-refractivity contribution in [2.24, 2.45) is 0 Å². The number of aryl methyl sites for hydroxylation is 1. The molecule has 94 valence electrons. The molecule has 1 aromatic heterocycles. The fourth-order valence-electron chi connectivity index (χ4n) is 1.54. The highest BCUT2D eigenvalue weighted by molar-refractivity contribution is 5.87. The van der Waals surface area contributed by atoms with E-state index in [1.807, 2.05) is 13.1 Å². The van der Waals surface area contributed by atoms with Gasteiger partial charge in [-0.05, 0) is 36.8 Å². The fourth-order valence-corrected chi connectivity index (χ4v) is 1.54. The topological polar surface area (TPSA) is 64.4 Å². The van der Waals surface area contributed by atoms with E-state index in [-0.39, 0.29) is 5.56 Å². The average molecular weight is 246 g/mol. The SMILES string of the molecule is Cc1cnn(CCOc2ccc(C(=O)O)cc2)c1. The predicted molar refractivity (Wildman–Crippen MR) is 65.9 cm³/mol. The van der Waals surface area contributed by atoms with Crippen LogP contribution in [0.2, 0.25) is 0 Å². The molecule has 1 heterocycles. The second-order valence-corrected chi connectivity index (χ2v) is 3.96. The Morgan fingerprint density at radius 3 is 2.67 bits per heavy atom. The minimum Gasteiger partial charge on any atom is -0.492 e. The summed E-state index contributed by atoms with van der Waals surface area (Å²) in [5, 5.41) is 12.9. The molecule has 0 radical (unpaired) electrons. The molecule has 0 aliphatic rings. The van der Waals surface area contributed by atoms with Gasteiger partial charge in [0.15, 0.2) is 0 Å². The Labute approximate surface area is 105 Å². The number of aromatic carboxylic acids is 1. The van der Waals surface area contributed by atoms with Crippen molar-refractivity contribution in [2.45, 2.75) is 13.5 Å². The Morgan fingerprint density at radius 2 is 2.11 bits per heavy atom. The number of carbonyl (C=O) groups is 1. The van der Waals surface area contributed by atoms with Gasteiger partial charge in [-0.15, -0.1) is 0 Å². The predicted octanol–water partition coefficient (Wildman–Crippen LogP) is 1.97. The minimum absolute atomic E-state index is 0.255. The molecule has 0 saturated heterocycles. The summed E-state index contributed by atoms with van der Waals surface area (Å²) in [5.74, 6) is -0.280. The smallest absolute Gasteiger partial charge is 0.335 e. The molecule has 1 N–H and O–H groups in total. The maximum Gasteiger partial charge on any atom is 0.335 e. The second-order valence-electron chi connectivity index (χ2n) is 3.96. The number of aromatic nitrogens is 2. The number of carboxylic acid groups (broad SMARTS) is 1. The van der Waals surface area contributed by atoms with Gasteiger partial charge in [-0.3, -0.25) is 4.68 Å². The van der Waals surface area contributed by atoms with Crippen molar-refractivity contribution >= 4 is 5.97 Å². The standard InChI is InChI=1S/C13H14N2O3/c1-10-8-14-15(9-10)6-7-18-12-4-2-11(3-5-12)13(16)17/h2-5,8-9H,6-7H2,1H3,(H,16,17). The maximum atomic E-state index is 10.7. The van der Waals surface area contributed by atoms with Gasteiger partial charge in [-0.1, -0.05) is 0 Å². The Kier molecular flexibility index (Phi) is 3.62. The number of benzene rings is 1. The molecule has 1 aromatic carbocycles. The molecule has 0 aliphatic heterocycles. The summed E-state index contributed by atoms with van der Waals surface area (Å²) in [4.78, 5) is 10.7. The molecule has 0 unspecified atom stereocenters. The van der Waals surface area contributed by atoms with Crippen molar-refractivity contribution in [3.05, 3.63) is 47.8 Å². The Hall–Kier alpha value is -2.30. The molecule has 0 bridgehead atoms. The van der Waals surface area contributed by atoms with Gasteiger partial charge in [0, 0.05) is 6.20 Å². The van der Waals surface area contributed by atoms with E-state index >= 15 is 0 Å². The zero-order chi connectivity index (χ0) is 13.0. The van der Waals surface area contributed by atoms with Gasteiger partial charge in [0.05, 0.1) is 18.3 Å². The zero-order valence-corrected chi connectivity index (χ0v) is 10.0. The lowest BCUT2D eigenvalue weighted by Gasteiger charge is -2.06. The summed E-state index contributed by atoms with van der Waals surface area (Å²) in [7, 11) is 0. The first-order chi connectivity index (χ1) is 8.65. The molecule has 2 aromatic rings. The second kappa shape index (κ2) is 5.35. The number of nitrogens with zero attached hydrogens (tertiary/aromatic N) is 2. The molecular formula is C13H14N2O3. The molecule has 0 spiro atoms. The highest BCUT2D eigenvalue weighted by atomic mass is 16.5. The third-order valence-corrected chi connectivity index (χ3v) is 2.45. The number of rotatable bonds is 5. The molecule has 5 heteroatoms. The summed E-state index contributed by atoms with van der Waals surface area (Å²) in [6.45, 7) is 3.14. The van der Waals surface area contributed by atoms with E-state index in [0.717, 1.165) is 5.56 Å². The first kappa shape index (κ1) is 12.2. The first-order valence-corrected chi connectivity index (χ1v) is 5.60. The number of ether oxygens (including phenoxy) is 1. The van der Waals surface area contributed by atoms with Crippen molar-refractivity contribution in [1.82, 2.24) is 9.78 Å². The lowest BCUT2D eigenvalue weighted by molar-refractivity contribution is 0.0697. The Balaban J connectivity index is 1.85. The van der Waals surface area contributed by atoms with Gasteiger partial charge >= 0.3 is 5.97 Å². The van der Waals surface area contributed by atoms with Crippen LogP contribution in [0, 0.1) is 6.92 Å². The summed E-state index contributed by atoms with van der Waals surface area (Å²) < 4.78 is 7.31. The van der Waals surface area contributed by atoms with Crippen LogP contribution in [0.5, 0.6) is 5.75 Å². The normalized spacial score (nSPS) is 10.3. The van der Waals surface area contributed by atoms with E-state index in [1.165, 1.54) is 12.1 Å². The monoisotopic (exact) mass is 246 g/mol. The van der Waals surface area contributed by atoms with Crippen LogP contribution in [0.4, 0.5) is 0 Å². The lowest BCUT2D eigenvalue weighted by Crippen LogP contribution is -2.08. The van der Waals surface area contributed by atoms with E-state index in [0.29, 0.717) is 18.9 Å². The van der Waals surface area contributed by atoms with Crippen LogP contribution in [-0.2, 0) is 6.54 Å². The van der Waals surface area contributed by atoms with Crippen molar-refractivity contribution < 1.29 is 14.6 Å². The van der Waals surface area contributed by atoms with Gasteiger partial charge < -0.3 is 9.84 Å². The van der Waals surface area contributed by atoms with Crippen molar-refractivity contribution in [3.8, 4) is 5.75 Å². The van der Waals surface area contributed by atoms with Gasteiger partial charge in [0.25, 0.3) is 0 Å². The number of hydrogen-bond acceptors (Lipinski definition) is 3. The summed E-state index contributed by atoms with van der Waals surface area (Å²) in [6.07, 6.45) is 3.73. The molecule has 0 saturated carbocycles. The van der Waals surface area contributed by atoms with Crippen molar-refractivity contribution in [1.29, 1.82) is 0 Å². The highest BCUT2D eigenvalue weighted by Crippen LogP contribution is 2.12. The molecule has 0 atom stereocenters.